The van der Waals surface area contributed by atoms with Crippen LogP contribution in [0.5, 0.6) is 0 Å². The van der Waals surface area contributed by atoms with Gasteiger partial charge in [0.2, 0.25) is 0 Å². The molecule has 1 aromatic rings. The van der Waals surface area contributed by atoms with Crippen LogP contribution in [-0.4, -0.2) is 5.78 Å². The highest BCUT2D eigenvalue weighted by Crippen LogP contribution is 2.23. The van der Waals surface area contributed by atoms with Gasteiger partial charge in [-0.25, -0.2) is 0 Å². The van der Waals surface area contributed by atoms with Crippen LogP contribution in [0.25, 0.3) is 6.08 Å². The summed E-state index contributed by atoms with van der Waals surface area (Å²) in [5.41, 5.74) is 1.21. The third-order valence-electron chi connectivity index (χ3n) is 2.64. The van der Waals surface area contributed by atoms with Crippen LogP contribution in [0.1, 0.15) is 24.8 Å². The molecule has 0 aliphatic heterocycles. The summed E-state index contributed by atoms with van der Waals surface area (Å²) in [5, 5.41) is 0. The summed E-state index contributed by atoms with van der Waals surface area (Å²) in [6, 6.07) is 10.2. The van der Waals surface area contributed by atoms with Crippen molar-refractivity contribution in [1.29, 1.82) is 0 Å². The molecule has 1 heteroatoms. The second kappa shape index (κ2) is 4.23. The van der Waals surface area contributed by atoms with Crippen molar-refractivity contribution in [2.24, 2.45) is 5.92 Å². The minimum Gasteiger partial charge on any atom is -0.300 e. The lowest BCUT2D eigenvalue weighted by Crippen LogP contribution is -1.89. The van der Waals surface area contributed by atoms with Crippen molar-refractivity contribution >= 4 is 11.9 Å². The van der Waals surface area contributed by atoms with Gasteiger partial charge in [-0.15, -0.1) is 0 Å². The maximum Gasteiger partial charge on any atom is 0.133 e. The van der Waals surface area contributed by atoms with Gasteiger partial charge in [0.15, 0.2) is 0 Å². The molecule has 2 rings (SSSR count). The second-order valence-electron chi connectivity index (χ2n) is 3.81. The van der Waals surface area contributed by atoms with Gasteiger partial charge < -0.3 is 0 Å². The number of Topliss-reactive ketones (excluding diaryl/α,β-unsaturated/α-hetero) is 1. The highest BCUT2D eigenvalue weighted by Gasteiger charge is 2.18. The summed E-state index contributed by atoms with van der Waals surface area (Å²) >= 11 is 0. The van der Waals surface area contributed by atoms with Gasteiger partial charge in [-0.1, -0.05) is 42.5 Å². The molecule has 0 saturated heterocycles. The summed E-state index contributed by atoms with van der Waals surface area (Å²) in [6.07, 6.45) is 6.82. The van der Waals surface area contributed by atoms with Crippen LogP contribution < -0.4 is 0 Å². The van der Waals surface area contributed by atoms with E-state index in [1.165, 1.54) is 5.56 Å². The Morgan fingerprint density at radius 2 is 2.00 bits per heavy atom. The number of rotatable bonds is 2. The summed E-state index contributed by atoms with van der Waals surface area (Å²) < 4.78 is 0. The molecule has 0 N–H and O–H groups in total. The van der Waals surface area contributed by atoms with Crippen molar-refractivity contribution < 1.29 is 4.79 Å². The quantitative estimate of drug-likeness (QED) is 0.693. The molecule has 14 heavy (non-hydrogen) atoms. The normalized spacial score (nSPS) is 22.0. The van der Waals surface area contributed by atoms with E-state index in [-0.39, 0.29) is 0 Å². The molecule has 72 valence electrons. The Morgan fingerprint density at radius 1 is 1.21 bits per heavy atom. The first-order chi connectivity index (χ1) is 6.84. The van der Waals surface area contributed by atoms with E-state index in [0.29, 0.717) is 11.7 Å². The zero-order valence-electron chi connectivity index (χ0n) is 8.15. The molecule has 0 unspecified atom stereocenters. The van der Waals surface area contributed by atoms with Gasteiger partial charge in [0, 0.05) is 12.8 Å². The fourth-order valence-electron chi connectivity index (χ4n) is 1.82. The predicted octanol–water partition coefficient (Wildman–Crippen LogP) is 3.07. The van der Waals surface area contributed by atoms with Crippen LogP contribution in [-0.2, 0) is 4.79 Å². The molecular weight excluding hydrogens is 172 g/mol. The van der Waals surface area contributed by atoms with Gasteiger partial charge in [-0.05, 0) is 17.9 Å². The Bertz CT molecular complexity index is 338. The van der Waals surface area contributed by atoms with Crippen molar-refractivity contribution in [3.8, 4) is 0 Å². The molecule has 0 aromatic heterocycles. The molecule has 1 atom stereocenters. The zero-order valence-corrected chi connectivity index (χ0v) is 8.15. The lowest BCUT2D eigenvalue weighted by molar-refractivity contribution is -0.117. The first kappa shape index (κ1) is 9.20. The lowest BCUT2D eigenvalue weighted by atomic mass is 10.1. The number of hydrogen-bond donors (Lipinski definition) is 0. The molecular formula is C13H14O. The Morgan fingerprint density at radius 3 is 2.64 bits per heavy atom. The van der Waals surface area contributed by atoms with Gasteiger partial charge >= 0.3 is 0 Å². The van der Waals surface area contributed by atoms with Crippen molar-refractivity contribution in [2.45, 2.75) is 19.3 Å². The maximum absolute atomic E-state index is 11.0. The van der Waals surface area contributed by atoms with Crippen LogP contribution in [0.2, 0.25) is 0 Å². The Labute approximate surface area is 84.5 Å². The number of hydrogen-bond acceptors (Lipinski definition) is 1. The number of benzene rings is 1. The summed E-state index contributed by atoms with van der Waals surface area (Å²) in [7, 11) is 0. The van der Waals surface area contributed by atoms with Gasteiger partial charge in [-0.3, -0.25) is 4.79 Å². The third-order valence-corrected chi connectivity index (χ3v) is 2.64. The van der Waals surface area contributed by atoms with Gasteiger partial charge in [0.05, 0.1) is 0 Å². The van der Waals surface area contributed by atoms with Crippen LogP contribution in [0.15, 0.2) is 36.4 Å². The Kier molecular flexibility index (Phi) is 2.78. The molecule has 0 spiro atoms. The van der Waals surface area contributed by atoms with Crippen molar-refractivity contribution in [1.82, 2.24) is 0 Å². The Balaban J connectivity index is 1.97. The molecule has 1 fully saturated rings. The molecule has 1 aromatic carbocycles. The average molecular weight is 186 g/mol. The number of ketones is 1. The van der Waals surface area contributed by atoms with Crippen molar-refractivity contribution in [3.05, 3.63) is 42.0 Å². The van der Waals surface area contributed by atoms with Gasteiger partial charge in [-0.2, -0.15) is 0 Å². The fraction of sp³-hybridized carbons (Fsp3) is 0.308. The van der Waals surface area contributed by atoms with E-state index in [1.54, 1.807) is 0 Å². The molecule has 0 heterocycles. The smallest absolute Gasteiger partial charge is 0.133 e. The van der Waals surface area contributed by atoms with E-state index in [1.807, 2.05) is 18.2 Å². The molecule has 0 radical (unpaired) electrons. The molecule has 1 aliphatic carbocycles. The summed E-state index contributed by atoms with van der Waals surface area (Å²) in [6.45, 7) is 0. The fourth-order valence-corrected chi connectivity index (χ4v) is 1.82. The van der Waals surface area contributed by atoms with Gasteiger partial charge in [0.25, 0.3) is 0 Å². The van der Waals surface area contributed by atoms with Crippen LogP contribution in [0.3, 0.4) is 0 Å². The van der Waals surface area contributed by atoms with Crippen LogP contribution in [0.4, 0.5) is 0 Å². The predicted molar refractivity (Wildman–Crippen MR) is 57.8 cm³/mol. The first-order valence-corrected chi connectivity index (χ1v) is 5.09. The van der Waals surface area contributed by atoms with Crippen molar-refractivity contribution in [3.63, 3.8) is 0 Å². The SMILES string of the molecule is O=C1CC[C@H](/C=C/c2ccccc2)C1. The van der Waals surface area contributed by atoms with E-state index in [0.717, 1.165) is 19.3 Å². The number of allylic oxidation sites excluding steroid dienone is 1. The minimum atomic E-state index is 0.410. The monoisotopic (exact) mass is 186 g/mol. The van der Waals surface area contributed by atoms with Gasteiger partial charge in [0.1, 0.15) is 5.78 Å². The number of carbonyl (C=O) groups excluding carboxylic acids is 1. The maximum atomic E-state index is 11.0. The minimum absolute atomic E-state index is 0.410. The summed E-state index contributed by atoms with van der Waals surface area (Å²) in [5.74, 6) is 0.885. The molecule has 1 nitrogen and oxygen atoms in total. The lowest BCUT2D eigenvalue weighted by Gasteiger charge is -1.98. The number of carbonyl (C=O) groups is 1. The highest BCUT2D eigenvalue weighted by molar-refractivity contribution is 5.81. The summed E-state index contributed by atoms with van der Waals surface area (Å²) in [4.78, 5) is 11.0. The van der Waals surface area contributed by atoms with E-state index < -0.39 is 0 Å². The van der Waals surface area contributed by atoms with Crippen LogP contribution in [0, 0.1) is 5.92 Å². The Hall–Kier alpha value is -1.37. The van der Waals surface area contributed by atoms with E-state index >= 15 is 0 Å². The average Bonchev–Trinajstić information content (AvgIpc) is 2.63. The second-order valence-corrected chi connectivity index (χ2v) is 3.81. The van der Waals surface area contributed by atoms with E-state index in [2.05, 4.69) is 24.3 Å². The van der Waals surface area contributed by atoms with Crippen LogP contribution >= 0.6 is 0 Å². The molecule has 1 aliphatic rings. The molecule has 0 amide bonds. The standard InChI is InChI=1S/C13H14O/c14-13-9-8-12(10-13)7-6-11-4-2-1-3-5-11/h1-7,12H,8-10H2/b7-6+/t12-/m0/s1. The first-order valence-electron chi connectivity index (χ1n) is 5.09. The third kappa shape index (κ3) is 2.32. The molecule has 0 bridgehead atoms. The van der Waals surface area contributed by atoms with E-state index in [9.17, 15) is 4.79 Å². The van der Waals surface area contributed by atoms with E-state index in [4.69, 9.17) is 0 Å². The zero-order chi connectivity index (χ0) is 9.80. The largest absolute Gasteiger partial charge is 0.300 e. The molecule has 1 saturated carbocycles. The topological polar surface area (TPSA) is 17.1 Å². The van der Waals surface area contributed by atoms with Crippen molar-refractivity contribution in [2.75, 3.05) is 0 Å². The highest BCUT2D eigenvalue weighted by atomic mass is 16.1.